The maximum atomic E-state index is 13.3. The van der Waals surface area contributed by atoms with Gasteiger partial charge < -0.3 is 19.5 Å². The highest BCUT2D eigenvalue weighted by Crippen LogP contribution is 2.27. The van der Waals surface area contributed by atoms with Crippen LogP contribution in [-0.4, -0.2) is 59.3 Å². The van der Waals surface area contributed by atoms with Gasteiger partial charge in [-0.15, -0.1) is 0 Å². The van der Waals surface area contributed by atoms with Crippen LogP contribution in [0.2, 0.25) is 0 Å². The number of cyclic esters (lactones) is 1. The summed E-state index contributed by atoms with van der Waals surface area (Å²) in [5.74, 6) is -2.23. The summed E-state index contributed by atoms with van der Waals surface area (Å²) in [5.41, 5.74) is 1.60. The van der Waals surface area contributed by atoms with Crippen molar-refractivity contribution in [2.45, 2.75) is 72.3 Å². The molecule has 0 saturated carbocycles. The van der Waals surface area contributed by atoms with Gasteiger partial charge in [-0.3, -0.25) is 9.59 Å². The Balaban J connectivity index is 2.49. The molecular weight excluding hydrogens is 446 g/mol. The number of aliphatic hydroxyl groups is 1. The molecular formula is C28H39NO6. The monoisotopic (exact) mass is 485 g/mol. The van der Waals surface area contributed by atoms with Crippen molar-refractivity contribution in [1.29, 1.82) is 0 Å². The molecule has 2 rings (SSSR count). The van der Waals surface area contributed by atoms with Gasteiger partial charge in [-0.05, 0) is 31.1 Å². The lowest BCUT2D eigenvalue weighted by atomic mass is 9.86. The number of aliphatic hydroxyl groups excluding tert-OH is 1. The van der Waals surface area contributed by atoms with E-state index < -0.39 is 36.3 Å². The normalized spacial score (nSPS) is 33.5. The zero-order valence-electron chi connectivity index (χ0n) is 21.8. The van der Waals surface area contributed by atoms with Crippen LogP contribution in [0.3, 0.4) is 0 Å². The van der Waals surface area contributed by atoms with Gasteiger partial charge in [0.25, 0.3) is 0 Å². The summed E-state index contributed by atoms with van der Waals surface area (Å²) in [7, 11) is 1.57. The van der Waals surface area contributed by atoms with Crippen LogP contribution in [0.15, 0.2) is 54.1 Å². The van der Waals surface area contributed by atoms with Gasteiger partial charge >= 0.3 is 11.9 Å². The molecule has 7 heteroatoms. The van der Waals surface area contributed by atoms with E-state index >= 15 is 0 Å². The summed E-state index contributed by atoms with van der Waals surface area (Å²) >= 11 is 0. The van der Waals surface area contributed by atoms with E-state index in [0.29, 0.717) is 12.0 Å². The van der Waals surface area contributed by atoms with E-state index in [-0.39, 0.29) is 23.7 Å². The highest BCUT2D eigenvalue weighted by Gasteiger charge is 2.35. The van der Waals surface area contributed by atoms with Crippen molar-refractivity contribution in [1.82, 2.24) is 4.90 Å². The molecule has 1 aromatic carbocycles. The van der Waals surface area contributed by atoms with Gasteiger partial charge in [0.1, 0.15) is 18.2 Å². The van der Waals surface area contributed by atoms with E-state index in [2.05, 4.69) is 0 Å². The third-order valence-corrected chi connectivity index (χ3v) is 6.77. The molecule has 1 aliphatic heterocycles. The average molecular weight is 486 g/mol. The molecule has 0 aliphatic carbocycles. The quantitative estimate of drug-likeness (QED) is 0.518. The SMILES string of the molecule is CC(=O)O[C@@H]1[C@@H](C)[C@H](C)OC(=O)[C@@H](Cc2ccccc2)N(C)C(=O)/C=C/[C@H](C)[C@@H](O)/C(C)=C\[C@H]1C. The van der Waals surface area contributed by atoms with Crippen LogP contribution in [0.1, 0.15) is 47.1 Å². The number of hydrogen-bond donors (Lipinski definition) is 1. The number of hydrogen-bond acceptors (Lipinski definition) is 6. The maximum Gasteiger partial charge on any atom is 0.329 e. The molecule has 192 valence electrons. The summed E-state index contributed by atoms with van der Waals surface area (Å²) in [6.45, 7) is 10.5. The fourth-order valence-corrected chi connectivity index (χ4v) is 4.37. The fraction of sp³-hybridized carbons (Fsp3) is 0.536. The number of rotatable bonds is 3. The summed E-state index contributed by atoms with van der Waals surface area (Å²) in [4.78, 5) is 39.6. The smallest absolute Gasteiger partial charge is 0.329 e. The lowest BCUT2D eigenvalue weighted by Crippen LogP contribution is -2.46. The Morgan fingerprint density at radius 2 is 1.71 bits per heavy atom. The minimum Gasteiger partial charge on any atom is -0.462 e. The van der Waals surface area contributed by atoms with Crippen molar-refractivity contribution < 1.29 is 29.0 Å². The third kappa shape index (κ3) is 7.79. The fourth-order valence-electron chi connectivity index (χ4n) is 4.37. The first-order valence-electron chi connectivity index (χ1n) is 12.1. The zero-order valence-corrected chi connectivity index (χ0v) is 21.8. The number of carbonyl (C=O) groups is 3. The van der Waals surface area contributed by atoms with E-state index in [1.807, 2.05) is 64.1 Å². The van der Waals surface area contributed by atoms with Gasteiger partial charge in [0.15, 0.2) is 0 Å². The average Bonchev–Trinajstić information content (AvgIpc) is 2.82. The van der Waals surface area contributed by atoms with Crippen molar-refractivity contribution in [2.75, 3.05) is 7.05 Å². The Bertz CT molecular complexity index is 940. The predicted molar refractivity (Wildman–Crippen MR) is 134 cm³/mol. The molecule has 0 spiro atoms. The molecule has 1 aliphatic rings. The van der Waals surface area contributed by atoms with Crippen LogP contribution in [0.4, 0.5) is 0 Å². The number of benzene rings is 1. The van der Waals surface area contributed by atoms with E-state index in [1.54, 1.807) is 20.0 Å². The molecule has 7 atom stereocenters. The molecule has 1 aromatic rings. The van der Waals surface area contributed by atoms with Crippen molar-refractivity contribution in [3.8, 4) is 0 Å². The molecule has 0 radical (unpaired) electrons. The number of carbonyl (C=O) groups excluding carboxylic acids is 3. The summed E-state index contributed by atoms with van der Waals surface area (Å²) < 4.78 is 11.5. The zero-order chi connectivity index (χ0) is 26.3. The van der Waals surface area contributed by atoms with Gasteiger partial charge in [0, 0.05) is 38.1 Å². The van der Waals surface area contributed by atoms with Crippen LogP contribution in [0.25, 0.3) is 0 Å². The third-order valence-electron chi connectivity index (χ3n) is 6.77. The minimum absolute atomic E-state index is 0.240. The first-order valence-corrected chi connectivity index (χ1v) is 12.1. The first-order chi connectivity index (χ1) is 16.4. The van der Waals surface area contributed by atoms with Crippen LogP contribution in [-0.2, 0) is 30.3 Å². The van der Waals surface area contributed by atoms with Crippen molar-refractivity contribution in [3.05, 3.63) is 59.7 Å². The number of esters is 2. The van der Waals surface area contributed by atoms with Gasteiger partial charge in [0.2, 0.25) is 5.91 Å². The van der Waals surface area contributed by atoms with E-state index in [9.17, 15) is 19.5 Å². The second-order valence-electron chi connectivity index (χ2n) is 9.66. The first kappa shape index (κ1) is 28.3. The van der Waals surface area contributed by atoms with E-state index in [4.69, 9.17) is 9.47 Å². The molecule has 1 amide bonds. The molecule has 0 unspecified atom stereocenters. The molecule has 1 heterocycles. The highest BCUT2D eigenvalue weighted by atomic mass is 16.6. The maximum absolute atomic E-state index is 13.3. The topological polar surface area (TPSA) is 93.1 Å². The summed E-state index contributed by atoms with van der Waals surface area (Å²) in [5, 5.41) is 10.8. The van der Waals surface area contributed by atoms with Gasteiger partial charge in [-0.25, -0.2) is 4.79 Å². The van der Waals surface area contributed by atoms with Crippen molar-refractivity contribution >= 4 is 17.8 Å². The second kappa shape index (κ2) is 12.7. The summed E-state index contributed by atoms with van der Waals surface area (Å²) in [6, 6.07) is 8.59. The van der Waals surface area contributed by atoms with Gasteiger partial charge in [-0.2, -0.15) is 0 Å². The van der Waals surface area contributed by atoms with E-state index in [0.717, 1.165) is 5.56 Å². The Hall–Kier alpha value is -2.93. The van der Waals surface area contributed by atoms with Crippen molar-refractivity contribution in [2.24, 2.45) is 17.8 Å². The molecule has 0 saturated heterocycles. The van der Waals surface area contributed by atoms with Crippen LogP contribution in [0.5, 0.6) is 0 Å². The molecule has 1 N–H and O–H groups in total. The molecule has 0 bridgehead atoms. The minimum atomic E-state index is -0.848. The number of ether oxygens (including phenoxy) is 2. The number of amides is 1. The van der Waals surface area contributed by atoms with E-state index in [1.165, 1.54) is 17.9 Å². The number of nitrogens with zero attached hydrogens (tertiary/aromatic N) is 1. The molecule has 7 nitrogen and oxygen atoms in total. The lowest BCUT2D eigenvalue weighted by Gasteiger charge is -2.33. The largest absolute Gasteiger partial charge is 0.462 e. The molecule has 0 aromatic heterocycles. The Labute approximate surface area is 208 Å². The second-order valence-corrected chi connectivity index (χ2v) is 9.66. The number of likely N-dealkylation sites (N-methyl/N-ethyl adjacent to an activating group) is 1. The Kier molecular flexibility index (Phi) is 10.3. The highest BCUT2D eigenvalue weighted by molar-refractivity contribution is 5.91. The van der Waals surface area contributed by atoms with Gasteiger partial charge in [0.05, 0.1) is 6.10 Å². The van der Waals surface area contributed by atoms with Crippen LogP contribution < -0.4 is 0 Å². The predicted octanol–water partition coefficient (Wildman–Crippen LogP) is 3.70. The summed E-state index contributed by atoms with van der Waals surface area (Å²) in [6.07, 6.45) is 3.22. The standard InChI is InChI=1S/C28H39NO6/c1-17-13-14-25(31)29(7)24(16-23-11-9-8-10-12-23)28(33)34-21(5)20(4)27(35-22(6)30)19(3)15-18(2)26(17)32/h8-15,17,19-21,24,26-27,32H,16H2,1-7H3/b14-13+,18-15-/t17-,19+,20-,21-,24+,26+,27-/m0/s1. The Morgan fingerprint density at radius 3 is 2.31 bits per heavy atom. The molecule has 0 fully saturated rings. The van der Waals surface area contributed by atoms with Crippen molar-refractivity contribution in [3.63, 3.8) is 0 Å². The van der Waals surface area contributed by atoms with Crippen LogP contribution >= 0.6 is 0 Å². The Morgan fingerprint density at radius 1 is 1.09 bits per heavy atom. The van der Waals surface area contributed by atoms with Gasteiger partial charge in [-0.1, -0.05) is 63.3 Å². The lowest BCUT2D eigenvalue weighted by molar-refractivity contribution is -0.165. The van der Waals surface area contributed by atoms with Crippen LogP contribution in [0, 0.1) is 17.8 Å². The molecule has 35 heavy (non-hydrogen) atoms.